The molecule has 0 radical (unpaired) electrons. The summed E-state index contributed by atoms with van der Waals surface area (Å²) in [6, 6.07) is -1.00. The first-order valence-electron chi connectivity index (χ1n) is 6.08. The molecule has 106 valence electrons. The monoisotopic (exact) mass is 268 g/mol. The van der Waals surface area contributed by atoms with Crippen molar-refractivity contribution in [3.8, 4) is 0 Å². The van der Waals surface area contributed by atoms with Crippen molar-refractivity contribution in [3.63, 3.8) is 0 Å². The fourth-order valence-electron chi connectivity index (χ4n) is 1.81. The van der Waals surface area contributed by atoms with E-state index in [1.54, 1.807) is 0 Å². The SMILES string of the molecule is CCC[C@H](N)C(O)CN(C(=O)C(F)(F)F)C1CC1. The molecule has 18 heavy (non-hydrogen) atoms. The van der Waals surface area contributed by atoms with Gasteiger partial charge >= 0.3 is 12.1 Å². The molecule has 3 N–H and O–H groups in total. The molecule has 1 aliphatic rings. The van der Waals surface area contributed by atoms with Crippen LogP contribution < -0.4 is 5.73 Å². The van der Waals surface area contributed by atoms with Crippen LogP contribution in [0.25, 0.3) is 0 Å². The highest BCUT2D eigenvalue weighted by Crippen LogP contribution is 2.31. The van der Waals surface area contributed by atoms with Crippen molar-refractivity contribution in [2.75, 3.05) is 6.54 Å². The summed E-state index contributed by atoms with van der Waals surface area (Å²) in [5.41, 5.74) is 5.64. The van der Waals surface area contributed by atoms with Gasteiger partial charge in [0, 0.05) is 18.6 Å². The lowest BCUT2D eigenvalue weighted by Crippen LogP contribution is -2.50. The molecular weight excluding hydrogens is 249 g/mol. The number of halogens is 3. The van der Waals surface area contributed by atoms with Gasteiger partial charge in [-0.25, -0.2) is 0 Å². The molecule has 1 saturated carbocycles. The van der Waals surface area contributed by atoms with Crippen LogP contribution in [0.4, 0.5) is 13.2 Å². The van der Waals surface area contributed by atoms with Gasteiger partial charge in [0.1, 0.15) is 0 Å². The molecule has 2 atom stereocenters. The number of aliphatic hydroxyl groups excluding tert-OH is 1. The first-order chi connectivity index (χ1) is 8.27. The lowest BCUT2D eigenvalue weighted by Gasteiger charge is -2.28. The Bertz CT molecular complexity index is 293. The highest BCUT2D eigenvalue weighted by atomic mass is 19.4. The van der Waals surface area contributed by atoms with Crippen LogP contribution >= 0.6 is 0 Å². The largest absolute Gasteiger partial charge is 0.471 e. The molecule has 1 fully saturated rings. The predicted octanol–water partition coefficient (Wildman–Crippen LogP) is 1.03. The molecule has 1 unspecified atom stereocenters. The van der Waals surface area contributed by atoms with E-state index in [0.717, 1.165) is 6.42 Å². The van der Waals surface area contributed by atoms with Crippen molar-refractivity contribution >= 4 is 5.91 Å². The predicted molar refractivity (Wildman–Crippen MR) is 59.7 cm³/mol. The molecule has 0 aliphatic heterocycles. The van der Waals surface area contributed by atoms with Crippen molar-refractivity contribution in [1.82, 2.24) is 4.90 Å². The van der Waals surface area contributed by atoms with Crippen LogP contribution in [0.2, 0.25) is 0 Å². The topological polar surface area (TPSA) is 66.6 Å². The minimum absolute atomic E-state index is 0.343. The maximum atomic E-state index is 12.4. The van der Waals surface area contributed by atoms with Crippen molar-refractivity contribution in [2.45, 2.75) is 57.0 Å². The molecule has 0 saturated heterocycles. The summed E-state index contributed by atoms with van der Waals surface area (Å²) < 4.78 is 37.1. The van der Waals surface area contributed by atoms with E-state index < -0.39 is 30.3 Å². The summed E-state index contributed by atoms with van der Waals surface area (Å²) >= 11 is 0. The zero-order valence-electron chi connectivity index (χ0n) is 10.3. The lowest BCUT2D eigenvalue weighted by molar-refractivity contribution is -0.187. The highest BCUT2D eigenvalue weighted by Gasteiger charge is 2.47. The number of aliphatic hydroxyl groups is 1. The third-order valence-electron chi connectivity index (χ3n) is 2.99. The molecule has 4 nitrogen and oxygen atoms in total. The number of nitrogens with zero attached hydrogens (tertiary/aromatic N) is 1. The molecule has 0 aromatic carbocycles. The highest BCUT2D eigenvalue weighted by molar-refractivity contribution is 5.82. The first-order valence-corrected chi connectivity index (χ1v) is 6.08. The average Bonchev–Trinajstić information content (AvgIpc) is 3.07. The molecule has 0 spiro atoms. The van der Waals surface area contributed by atoms with Crippen LogP contribution in [0.1, 0.15) is 32.6 Å². The molecule has 7 heteroatoms. The van der Waals surface area contributed by atoms with Gasteiger partial charge in [-0.05, 0) is 19.3 Å². The Labute approximate surface area is 104 Å². The maximum Gasteiger partial charge on any atom is 0.471 e. The number of carbonyl (C=O) groups excluding carboxylic acids is 1. The van der Waals surface area contributed by atoms with Crippen molar-refractivity contribution < 1.29 is 23.1 Å². The van der Waals surface area contributed by atoms with E-state index in [2.05, 4.69) is 0 Å². The van der Waals surface area contributed by atoms with E-state index in [9.17, 15) is 23.1 Å². The van der Waals surface area contributed by atoms with Gasteiger partial charge in [0.25, 0.3) is 0 Å². The van der Waals surface area contributed by atoms with E-state index in [-0.39, 0.29) is 6.54 Å². The average molecular weight is 268 g/mol. The number of hydrogen-bond acceptors (Lipinski definition) is 3. The lowest BCUT2D eigenvalue weighted by atomic mass is 10.1. The number of carbonyl (C=O) groups is 1. The molecule has 0 heterocycles. The van der Waals surface area contributed by atoms with E-state index in [0.29, 0.717) is 24.2 Å². The Morgan fingerprint density at radius 1 is 1.50 bits per heavy atom. The summed E-state index contributed by atoms with van der Waals surface area (Å²) in [6.45, 7) is 1.52. The third-order valence-corrected chi connectivity index (χ3v) is 2.99. The smallest absolute Gasteiger partial charge is 0.390 e. The van der Waals surface area contributed by atoms with Crippen molar-refractivity contribution in [3.05, 3.63) is 0 Å². The molecule has 0 aromatic rings. The van der Waals surface area contributed by atoms with Gasteiger partial charge in [-0.3, -0.25) is 4.79 Å². The fraction of sp³-hybridized carbons (Fsp3) is 0.909. The van der Waals surface area contributed by atoms with Gasteiger partial charge in [0.05, 0.1) is 6.10 Å². The summed E-state index contributed by atoms with van der Waals surface area (Å²) in [5, 5.41) is 9.72. The number of rotatable bonds is 6. The van der Waals surface area contributed by atoms with Gasteiger partial charge in [-0.2, -0.15) is 13.2 Å². The van der Waals surface area contributed by atoms with Crippen LogP contribution in [0.15, 0.2) is 0 Å². The van der Waals surface area contributed by atoms with Gasteiger partial charge in [-0.1, -0.05) is 13.3 Å². The second-order valence-electron chi connectivity index (χ2n) is 4.71. The maximum absolute atomic E-state index is 12.4. The fourth-order valence-corrected chi connectivity index (χ4v) is 1.81. The summed E-state index contributed by atoms with van der Waals surface area (Å²) in [4.78, 5) is 11.9. The number of nitrogens with two attached hydrogens (primary N) is 1. The minimum atomic E-state index is -4.89. The van der Waals surface area contributed by atoms with Gasteiger partial charge in [0.15, 0.2) is 0 Å². The normalized spacial score (nSPS) is 19.4. The summed E-state index contributed by atoms with van der Waals surface area (Å²) in [6.07, 6.45) is -3.65. The molecule has 1 aliphatic carbocycles. The Hall–Kier alpha value is -0.820. The summed E-state index contributed by atoms with van der Waals surface area (Å²) in [7, 11) is 0. The molecule has 1 amide bonds. The Balaban J connectivity index is 2.61. The number of hydrogen-bond donors (Lipinski definition) is 2. The molecule has 0 bridgehead atoms. The second-order valence-corrected chi connectivity index (χ2v) is 4.71. The molecule has 1 rings (SSSR count). The molecular formula is C11H19F3N2O2. The van der Waals surface area contributed by atoms with Crippen LogP contribution in [-0.2, 0) is 4.79 Å². The van der Waals surface area contributed by atoms with Crippen molar-refractivity contribution in [2.24, 2.45) is 5.73 Å². The van der Waals surface area contributed by atoms with Gasteiger partial charge in [0.2, 0.25) is 0 Å². The van der Waals surface area contributed by atoms with Gasteiger partial charge < -0.3 is 15.7 Å². The van der Waals surface area contributed by atoms with Crippen LogP contribution in [0.5, 0.6) is 0 Å². The van der Waals surface area contributed by atoms with Crippen LogP contribution in [0.3, 0.4) is 0 Å². The Morgan fingerprint density at radius 2 is 2.06 bits per heavy atom. The van der Waals surface area contributed by atoms with Crippen LogP contribution in [-0.4, -0.2) is 46.8 Å². The van der Waals surface area contributed by atoms with Crippen molar-refractivity contribution in [1.29, 1.82) is 0 Å². The number of amides is 1. The Morgan fingerprint density at radius 3 is 2.44 bits per heavy atom. The second kappa shape index (κ2) is 5.88. The van der Waals surface area contributed by atoms with E-state index in [1.807, 2.05) is 6.92 Å². The molecule has 0 aromatic heterocycles. The quantitative estimate of drug-likeness (QED) is 0.756. The summed E-state index contributed by atoms with van der Waals surface area (Å²) in [5.74, 6) is -1.88. The minimum Gasteiger partial charge on any atom is -0.390 e. The number of alkyl halides is 3. The van der Waals surface area contributed by atoms with Gasteiger partial charge in [-0.15, -0.1) is 0 Å². The van der Waals surface area contributed by atoms with E-state index in [4.69, 9.17) is 5.73 Å². The zero-order chi connectivity index (χ0) is 13.9. The first kappa shape index (κ1) is 15.2. The van der Waals surface area contributed by atoms with E-state index in [1.165, 1.54) is 0 Å². The van der Waals surface area contributed by atoms with E-state index >= 15 is 0 Å². The standard InChI is InChI=1S/C11H19F3N2O2/c1-2-3-8(15)9(17)6-16(7-4-5-7)10(18)11(12,13)14/h7-9,17H,2-6,15H2,1H3/t8-,9?/m0/s1. The van der Waals surface area contributed by atoms with Crippen LogP contribution in [0, 0.1) is 0 Å². The third kappa shape index (κ3) is 4.13. The Kier molecular flexibility index (Phi) is 4.98. The zero-order valence-corrected chi connectivity index (χ0v) is 10.3.